The van der Waals surface area contributed by atoms with Crippen molar-refractivity contribution in [3.63, 3.8) is 0 Å². The molecule has 0 N–H and O–H groups in total. The van der Waals surface area contributed by atoms with Gasteiger partial charge in [0.05, 0.1) is 0 Å². The molecule has 0 nitrogen and oxygen atoms in total. The monoisotopic (exact) mass is 208 g/mol. The van der Waals surface area contributed by atoms with E-state index in [2.05, 4.69) is 24.3 Å². The van der Waals surface area contributed by atoms with Crippen LogP contribution in [-0.4, -0.2) is 5.37 Å². The molecule has 0 spiro atoms. The number of unbranched alkanes of at least 4 members (excludes halogenated alkanes) is 5. The smallest absolute Gasteiger partial charge is 0.00473 e. The van der Waals surface area contributed by atoms with Crippen molar-refractivity contribution >= 4 is 17.6 Å². The summed E-state index contributed by atoms with van der Waals surface area (Å²) in [6.45, 7) is 0. The van der Waals surface area contributed by atoms with Gasteiger partial charge in [-0.25, -0.2) is 0 Å². The molecule has 78 valence electrons. The first-order valence-corrected chi connectivity index (χ1v) is 6.19. The summed E-state index contributed by atoms with van der Waals surface area (Å²) >= 11 is 4.79. The maximum absolute atomic E-state index is 4.79. The molecule has 1 rings (SSSR count). The normalized spacial score (nSPS) is 15.1. The highest BCUT2D eigenvalue weighted by Gasteiger charge is 2.02. The van der Waals surface area contributed by atoms with Gasteiger partial charge in [-0.2, -0.15) is 0 Å². The van der Waals surface area contributed by atoms with E-state index in [0.717, 1.165) is 12.3 Å². The lowest BCUT2D eigenvalue weighted by molar-refractivity contribution is 0.573. The SMILES string of the molecule is S=CCCCCCCCC1C=CC=C1. The Morgan fingerprint density at radius 1 is 0.929 bits per heavy atom. The van der Waals surface area contributed by atoms with Crippen LogP contribution in [0.1, 0.15) is 44.9 Å². The van der Waals surface area contributed by atoms with Crippen molar-refractivity contribution in [3.8, 4) is 0 Å². The van der Waals surface area contributed by atoms with E-state index in [1.807, 2.05) is 5.37 Å². The molecular weight excluding hydrogens is 188 g/mol. The number of rotatable bonds is 8. The topological polar surface area (TPSA) is 0 Å². The van der Waals surface area contributed by atoms with Crippen LogP contribution in [0.5, 0.6) is 0 Å². The van der Waals surface area contributed by atoms with E-state index < -0.39 is 0 Å². The molecule has 0 radical (unpaired) electrons. The zero-order valence-electron chi connectivity index (χ0n) is 8.82. The van der Waals surface area contributed by atoms with Gasteiger partial charge in [-0.1, -0.05) is 62.2 Å². The summed E-state index contributed by atoms with van der Waals surface area (Å²) in [7, 11) is 0. The molecule has 0 bridgehead atoms. The summed E-state index contributed by atoms with van der Waals surface area (Å²) in [6.07, 6.45) is 18.1. The van der Waals surface area contributed by atoms with Crippen molar-refractivity contribution in [2.24, 2.45) is 5.92 Å². The lowest BCUT2D eigenvalue weighted by Gasteiger charge is -2.04. The van der Waals surface area contributed by atoms with Crippen molar-refractivity contribution in [1.29, 1.82) is 0 Å². The van der Waals surface area contributed by atoms with Crippen LogP contribution in [-0.2, 0) is 0 Å². The van der Waals surface area contributed by atoms with Crippen molar-refractivity contribution in [1.82, 2.24) is 0 Å². The Bertz CT molecular complexity index is 191. The minimum atomic E-state index is 0.732. The number of hydrogen-bond acceptors (Lipinski definition) is 1. The summed E-state index contributed by atoms with van der Waals surface area (Å²) in [6, 6.07) is 0. The van der Waals surface area contributed by atoms with Crippen LogP contribution >= 0.6 is 12.2 Å². The highest BCUT2D eigenvalue weighted by molar-refractivity contribution is 7.78. The Hall–Kier alpha value is -0.430. The fraction of sp³-hybridized carbons (Fsp3) is 0.615. The first-order valence-electron chi connectivity index (χ1n) is 5.72. The van der Waals surface area contributed by atoms with Crippen LogP contribution in [0.4, 0.5) is 0 Å². The van der Waals surface area contributed by atoms with Gasteiger partial charge in [-0.15, -0.1) is 0 Å². The quantitative estimate of drug-likeness (QED) is 0.419. The van der Waals surface area contributed by atoms with Gasteiger partial charge in [0.15, 0.2) is 0 Å². The van der Waals surface area contributed by atoms with Crippen LogP contribution in [0.2, 0.25) is 0 Å². The molecule has 0 aromatic rings. The van der Waals surface area contributed by atoms with Crippen molar-refractivity contribution < 1.29 is 0 Å². The van der Waals surface area contributed by atoms with Crippen LogP contribution in [0.25, 0.3) is 0 Å². The van der Waals surface area contributed by atoms with Crippen molar-refractivity contribution in [2.75, 3.05) is 0 Å². The zero-order chi connectivity index (χ0) is 10.1. The first kappa shape index (κ1) is 11.6. The average Bonchev–Trinajstić information content (AvgIpc) is 2.69. The zero-order valence-corrected chi connectivity index (χ0v) is 9.64. The highest BCUT2D eigenvalue weighted by Crippen LogP contribution is 2.17. The Kier molecular flexibility index (Phi) is 6.59. The van der Waals surface area contributed by atoms with Gasteiger partial charge in [0.2, 0.25) is 0 Å². The third-order valence-electron chi connectivity index (χ3n) is 2.69. The van der Waals surface area contributed by atoms with Crippen LogP contribution in [0.15, 0.2) is 24.3 Å². The highest BCUT2D eigenvalue weighted by atomic mass is 32.1. The number of hydrogen-bond donors (Lipinski definition) is 0. The molecule has 0 saturated carbocycles. The third kappa shape index (κ3) is 5.33. The fourth-order valence-electron chi connectivity index (χ4n) is 1.81. The summed E-state index contributed by atoms with van der Waals surface area (Å²) in [5.74, 6) is 0.732. The predicted molar refractivity (Wildman–Crippen MR) is 67.7 cm³/mol. The van der Waals surface area contributed by atoms with E-state index in [1.54, 1.807) is 0 Å². The van der Waals surface area contributed by atoms with Gasteiger partial charge < -0.3 is 0 Å². The summed E-state index contributed by atoms with van der Waals surface area (Å²) < 4.78 is 0. The molecule has 0 aromatic carbocycles. The molecule has 1 aliphatic carbocycles. The molecule has 0 amide bonds. The molecule has 0 saturated heterocycles. The maximum atomic E-state index is 4.79. The Morgan fingerprint density at radius 3 is 2.29 bits per heavy atom. The van der Waals surface area contributed by atoms with Gasteiger partial charge in [0.1, 0.15) is 0 Å². The Labute approximate surface area is 93.1 Å². The fourth-order valence-corrected chi connectivity index (χ4v) is 1.98. The molecule has 1 aliphatic rings. The van der Waals surface area contributed by atoms with E-state index in [-0.39, 0.29) is 0 Å². The average molecular weight is 208 g/mol. The van der Waals surface area contributed by atoms with E-state index in [1.165, 1.54) is 38.5 Å². The van der Waals surface area contributed by atoms with Gasteiger partial charge in [0, 0.05) is 0 Å². The van der Waals surface area contributed by atoms with Crippen LogP contribution in [0, 0.1) is 5.92 Å². The molecule has 0 aliphatic heterocycles. The summed E-state index contributed by atoms with van der Waals surface area (Å²) in [5.41, 5.74) is 0. The van der Waals surface area contributed by atoms with Crippen LogP contribution in [0.3, 0.4) is 0 Å². The number of allylic oxidation sites excluding steroid dienone is 4. The van der Waals surface area contributed by atoms with E-state index >= 15 is 0 Å². The van der Waals surface area contributed by atoms with Crippen molar-refractivity contribution in [2.45, 2.75) is 44.9 Å². The second-order valence-corrected chi connectivity index (χ2v) is 4.28. The standard InChI is InChI=1S/C13H20S/c14-12-8-4-2-1-3-5-9-13-10-6-7-11-13/h6-7,10-13H,1-5,8-9H2. The molecule has 14 heavy (non-hydrogen) atoms. The predicted octanol–water partition coefficient (Wildman–Crippen LogP) is 4.46. The van der Waals surface area contributed by atoms with E-state index in [0.29, 0.717) is 0 Å². The minimum Gasteiger partial charge on any atom is -0.0935 e. The Balaban J connectivity index is 1.82. The van der Waals surface area contributed by atoms with Gasteiger partial charge in [-0.05, 0) is 30.5 Å². The van der Waals surface area contributed by atoms with E-state index in [4.69, 9.17) is 12.2 Å². The van der Waals surface area contributed by atoms with Gasteiger partial charge in [-0.3, -0.25) is 0 Å². The molecule has 0 heterocycles. The largest absolute Gasteiger partial charge is 0.0935 e. The maximum Gasteiger partial charge on any atom is -0.00473 e. The molecule has 0 fully saturated rings. The number of thiocarbonyl (C=S) groups is 1. The van der Waals surface area contributed by atoms with Gasteiger partial charge in [0.25, 0.3) is 0 Å². The Morgan fingerprint density at radius 2 is 1.57 bits per heavy atom. The second-order valence-electron chi connectivity index (χ2n) is 3.95. The van der Waals surface area contributed by atoms with Crippen LogP contribution < -0.4 is 0 Å². The first-order chi connectivity index (χ1) is 6.93. The summed E-state index contributed by atoms with van der Waals surface area (Å²) in [5, 5.41) is 1.86. The molecule has 0 unspecified atom stereocenters. The van der Waals surface area contributed by atoms with Gasteiger partial charge >= 0.3 is 0 Å². The molecule has 1 heteroatoms. The van der Waals surface area contributed by atoms with Crippen molar-refractivity contribution in [3.05, 3.63) is 24.3 Å². The second kappa shape index (κ2) is 7.93. The van der Waals surface area contributed by atoms with E-state index in [9.17, 15) is 0 Å². The molecular formula is C13H20S. The minimum absolute atomic E-state index is 0.732. The molecule has 0 aromatic heterocycles. The molecule has 0 atom stereocenters. The lowest BCUT2D eigenvalue weighted by atomic mass is 10.0. The third-order valence-corrected chi connectivity index (χ3v) is 2.92. The lowest BCUT2D eigenvalue weighted by Crippen LogP contribution is -1.89. The summed E-state index contributed by atoms with van der Waals surface area (Å²) in [4.78, 5) is 0.